The summed E-state index contributed by atoms with van der Waals surface area (Å²) in [4.78, 5) is 21.9. The van der Waals surface area contributed by atoms with Gasteiger partial charge in [-0.3, -0.25) is 14.9 Å². The van der Waals surface area contributed by atoms with Gasteiger partial charge in [-0.05, 0) is 30.0 Å². The number of nitro groups is 1. The summed E-state index contributed by atoms with van der Waals surface area (Å²) >= 11 is 0. The lowest BCUT2D eigenvalue weighted by molar-refractivity contribution is -0.384. The third-order valence-corrected chi connectivity index (χ3v) is 3.43. The maximum absolute atomic E-state index is 11.8. The second-order valence-corrected chi connectivity index (χ2v) is 5.94. The molecule has 0 saturated carbocycles. The van der Waals surface area contributed by atoms with Crippen molar-refractivity contribution in [3.8, 4) is 0 Å². The number of rotatable bonds is 8. The molecule has 128 valence electrons. The van der Waals surface area contributed by atoms with Gasteiger partial charge in [0.25, 0.3) is 5.69 Å². The van der Waals surface area contributed by atoms with Gasteiger partial charge in [-0.2, -0.15) is 0 Å². The van der Waals surface area contributed by atoms with E-state index in [0.717, 1.165) is 0 Å². The van der Waals surface area contributed by atoms with Crippen molar-refractivity contribution in [2.45, 2.75) is 38.5 Å². The molecule has 8 nitrogen and oxygen atoms in total. The number of benzene rings is 1. The van der Waals surface area contributed by atoms with Gasteiger partial charge in [0.1, 0.15) is 0 Å². The Morgan fingerprint density at radius 3 is 2.35 bits per heavy atom. The number of hydrogen-bond donors (Lipinski definition) is 4. The van der Waals surface area contributed by atoms with Crippen molar-refractivity contribution in [3.63, 3.8) is 0 Å². The Morgan fingerprint density at radius 2 is 1.87 bits per heavy atom. The molecule has 6 N–H and O–H groups in total. The normalized spacial score (nSPS) is 15.0. The number of amides is 1. The van der Waals surface area contributed by atoms with E-state index in [4.69, 9.17) is 11.5 Å². The van der Waals surface area contributed by atoms with Gasteiger partial charge in [0.2, 0.25) is 5.91 Å². The molecule has 1 rings (SSSR count). The fourth-order valence-electron chi connectivity index (χ4n) is 2.12. The van der Waals surface area contributed by atoms with E-state index in [1.54, 1.807) is 0 Å². The zero-order valence-corrected chi connectivity index (χ0v) is 13.3. The lowest BCUT2D eigenvalue weighted by atomic mass is 10.0. The van der Waals surface area contributed by atoms with Crippen molar-refractivity contribution < 1.29 is 14.8 Å². The Hall–Kier alpha value is -2.03. The van der Waals surface area contributed by atoms with Crippen LogP contribution in [-0.2, 0) is 4.79 Å². The largest absolute Gasteiger partial charge is 0.387 e. The first-order valence-corrected chi connectivity index (χ1v) is 7.43. The average Bonchev–Trinajstić information content (AvgIpc) is 2.50. The zero-order chi connectivity index (χ0) is 17.6. The standard InChI is InChI=1S/C15H24N4O4/c1-9(2)7-12(16)15(21)18-8-13(17)14(20)10-3-5-11(6-4-10)19(22)23/h3-6,9,12-14,20H,7-8,16-17H2,1-2H3,(H,18,21)/t12-,13-,14-/m0/s1. The van der Waals surface area contributed by atoms with E-state index in [-0.39, 0.29) is 18.1 Å². The molecule has 3 atom stereocenters. The fraction of sp³-hybridized carbons (Fsp3) is 0.533. The first-order valence-electron chi connectivity index (χ1n) is 7.43. The van der Waals surface area contributed by atoms with Crippen LogP contribution in [0.1, 0.15) is 31.9 Å². The number of nitrogens with one attached hydrogen (secondary N) is 1. The Labute approximate surface area is 135 Å². The molecular formula is C15H24N4O4. The molecule has 0 aromatic heterocycles. The summed E-state index contributed by atoms with van der Waals surface area (Å²) in [5.41, 5.74) is 12.0. The maximum Gasteiger partial charge on any atom is 0.269 e. The predicted molar refractivity (Wildman–Crippen MR) is 86.5 cm³/mol. The number of nitrogens with zero attached hydrogens (tertiary/aromatic N) is 1. The molecule has 0 radical (unpaired) electrons. The SMILES string of the molecule is CC(C)C[C@H](N)C(=O)NC[C@H](N)[C@@H](O)c1ccc([N+](=O)[O-])cc1. The molecule has 0 heterocycles. The molecule has 0 saturated heterocycles. The van der Waals surface area contributed by atoms with Crippen LogP contribution in [-0.4, -0.2) is 34.6 Å². The highest BCUT2D eigenvalue weighted by atomic mass is 16.6. The molecule has 0 bridgehead atoms. The molecule has 0 aliphatic carbocycles. The zero-order valence-electron chi connectivity index (χ0n) is 13.3. The lowest BCUT2D eigenvalue weighted by Crippen LogP contribution is -2.47. The Kier molecular flexibility index (Phi) is 7.08. The van der Waals surface area contributed by atoms with Crippen LogP contribution in [0.2, 0.25) is 0 Å². The molecule has 1 aromatic carbocycles. The van der Waals surface area contributed by atoms with Crippen LogP contribution in [0.5, 0.6) is 0 Å². The summed E-state index contributed by atoms with van der Waals surface area (Å²) in [6.45, 7) is 4.00. The quantitative estimate of drug-likeness (QED) is 0.403. The minimum absolute atomic E-state index is 0.0583. The summed E-state index contributed by atoms with van der Waals surface area (Å²) in [6, 6.07) is 4.11. The summed E-state index contributed by atoms with van der Waals surface area (Å²) in [6.07, 6.45) is -0.483. The van der Waals surface area contributed by atoms with Gasteiger partial charge in [0, 0.05) is 18.7 Å². The van der Waals surface area contributed by atoms with E-state index in [2.05, 4.69) is 5.32 Å². The first-order chi connectivity index (χ1) is 10.7. The minimum atomic E-state index is -1.04. The second kappa shape index (κ2) is 8.56. The number of nitro benzene ring substituents is 1. The van der Waals surface area contributed by atoms with Crippen LogP contribution in [0, 0.1) is 16.0 Å². The molecule has 1 amide bonds. The van der Waals surface area contributed by atoms with Crippen molar-refractivity contribution in [2.75, 3.05) is 6.54 Å². The maximum atomic E-state index is 11.8. The summed E-state index contributed by atoms with van der Waals surface area (Å²) < 4.78 is 0. The second-order valence-electron chi connectivity index (χ2n) is 5.94. The Morgan fingerprint density at radius 1 is 1.30 bits per heavy atom. The topological polar surface area (TPSA) is 145 Å². The van der Waals surface area contributed by atoms with Crippen molar-refractivity contribution in [1.82, 2.24) is 5.32 Å². The van der Waals surface area contributed by atoms with Gasteiger partial charge >= 0.3 is 0 Å². The molecular weight excluding hydrogens is 300 g/mol. The van der Waals surface area contributed by atoms with Crippen LogP contribution < -0.4 is 16.8 Å². The van der Waals surface area contributed by atoms with Gasteiger partial charge in [0.05, 0.1) is 23.1 Å². The van der Waals surface area contributed by atoms with Gasteiger partial charge in [-0.1, -0.05) is 13.8 Å². The number of non-ortho nitro benzene ring substituents is 1. The number of aliphatic hydroxyl groups is 1. The molecule has 0 aliphatic rings. The highest BCUT2D eigenvalue weighted by Crippen LogP contribution is 2.19. The minimum Gasteiger partial charge on any atom is -0.387 e. The predicted octanol–water partition coefficient (Wildman–Crippen LogP) is 0.445. The van der Waals surface area contributed by atoms with E-state index in [9.17, 15) is 20.0 Å². The molecule has 23 heavy (non-hydrogen) atoms. The van der Waals surface area contributed by atoms with E-state index >= 15 is 0 Å². The van der Waals surface area contributed by atoms with Crippen LogP contribution in [0.4, 0.5) is 5.69 Å². The van der Waals surface area contributed by atoms with Crippen molar-refractivity contribution >= 4 is 11.6 Å². The summed E-state index contributed by atoms with van der Waals surface area (Å²) in [5, 5.41) is 23.3. The third kappa shape index (κ3) is 5.93. The van der Waals surface area contributed by atoms with E-state index in [0.29, 0.717) is 17.9 Å². The number of carbonyl (C=O) groups is 1. The van der Waals surface area contributed by atoms with Crippen molar-refractivity contribution in [3.05, 3.63) is 39.9 Å². The molecule has 1 aromatic rings. The molecule has 0 unspecified atom stereocenters. The van der Waals surface area contributed by atoms with E-state index in [1.165, 1.54) is 24.3 Å². The number of carbonyl (C=O) groups excluding carboxylic acids is 1. The Balaban J connectivity index is 2.55. The number of aliphatic hydroxyl groups excluding tert-OH is 1. The van der Waals surface area contributed by atoms with Crippen molar-refractivity contribution in [2.24, 2.45) is 17.4 Å². The van der Waals surface area contributed by atoms with Gasteiger partial charge in [-0.25, -0.2) is 0 Å². The van der Waals surface area contributed by atoms with Gasteiger partial charge in [0.15, 0.2) is 0 Å². The summed E-state index contributed by atoms with van der Waals surface area (Å²) in [5.74, 6) is -0.0137. The molecule has 0 fully saturated rings. The van der Waals surface area contributed by atoms with Crippen LogP contribution in [0.25, 0.3) is 0 Å². The van der Waals surface area contributed by atoms with E-state index < -0.39 is 23.1 Å². The Bertz CT molecular complexity index is 533. The highest BCUT2D eigenvalue weighted by Gasteiger charge is 2.20. The molecule has 8 heteroatoms. The average molecular weight is 324 g/mol. The van der Waals surface area contributed by atoms with Crippen LogP contribution in [0.15, 0.2) is 24.3 Å². The van der Waals surface area contributed by atoms with E-state index in [1.807, 2.05) is 13.8 Å². The summed E-state index contributed by atoms with van der Waals surface area (Å²) in [7, 11) is 0. The van der Waals surface area contributed by atoms with Crippen LogP contribution >= 0.6 is 0 Å². The number of hydrogen-bond acceptors (Lipinski definition) is 6. The van der Waals surface area contributed by atoms with Crippen LogP contribution in [0.3, 0.4) is 0 Å². The third-order valence-electron chi connectivity index (χ3n) is 3.43. The fourth-order valence-corrected chi connectivity index (χ4v) is 2.12. The van der Waals surface area contributed by atoms with Crippen molar-refractivity contribution in [1.29, 1.82) is 0 Å². The monoisotopic (exact) mass is 324 g/mol. The molecule has 0 aliphatic heterocycles. The van der Waals surface area contributed by atoms with Gasteiger partial charge in [-0.15, -0.1) is 0 Å². The molecule has 0 spiro atoms. The lowest BCUT2D eigenvalue weighted by Gasteiger charge is -2.21. The van der Waals surface area contributed by atoms with Gasteiger partial charge < -0.3 is 21.9 Å². The highest BCUT2D eigenvalue weighted by molar-refractivity contribution is 5.81. The number of nitrogens with two attached hydrogens (primary N) is 2. The smallest absolute Gasteiger partial charge is 0.269 e. The first kappa shape index (κ1) is 19.0.